The summed E-state index contributed by atoms with van der Waals surface area (Å²) < 4.78 is 25.1. The van der Waals surface area contributed by atoms with Gasteiger partial charge in [0.1, 0.15) is 22.7 Å². The molecule has 0 radical (unpaired) electrons. The summed E-state index contributed by atoms with van der Waals surface area (Å²) >= 11 is 0. The number of hydrogen-bond acceptors (Lipinski definition) is 6. The minimum Gasteiger partial charge on any atom is -0.497 e. The van der Waals surface area contributed by atoms with Crippen molar-refractivity contribution in [1.29, 1.82) is 0 Å². The fourth-order valence-electron chi connectivity index (χ4n) is 8.30. The first-order valence-electron chi connectivity index (χ1n) is 17.1. The number of ether oxygens (including phenoxy) is 3. The molecule has 4 atom stereocenters. The zero-order chi connectivity index (χ0) is 34.0. The van der Waals surface area contributed by atoms with Crippen molar-refractivity contribution in [3.63, 3.8) is 0 Å². The largest absolute Gasteiger partial charge is 0.497 e. The van der Waals surface area contributed by atoms with Gasteiger partial charge in [0.15, 0.2) is 8.32 Å². The highest BCUT2D eigenvalue weighted by Gasteiger charge is 2.66. The molecule has 0 aromatic heterocycles. The Morgan fingerprint density at radius 1 is 0.851 bits per heavy atom. The fraction of sp³-hybridized carbons (Fsp3) is 0.513. The molecule has 0 spiro atoms. The lowest BCUT2D eigenvalue weighted by atomic mass is 9.51. The fourth-order valence-corrected chi connectivity index (χ4v) is 11.2. The number of hydrogen-bond donors (Lipinski definition) is 1. The van der Waals surface area contributed by atoms with Gasteiger partial charge in [-0.15, -0.1) is 0 Å². The molecular weight excluding hydrogens is 607 g/mol. The molecule has 2 aliphatic rings. The van der Waals surface area contributed by atoms with E-state index in [1.807, 2.05) is 51.1 Å². The smallest absolute Gasteiger partial charge is 0.410 e. The SMILES string of the molecule is CC[Si](CC)(CC)O[C@@H]1CC(c2ccccc2)(c2ccccc2)[C@@H]2CN(C(=O)OC(C)(C)C)C[C@@H]2[C@@]1(O)c1cc(OC)ccc1OC. The number of nitrogens with zero attached hydrogens (tertiary/aromatic N) is 1. The molecule has 254 valence electrons. The summed E-state index contributed by atoms with van der Waals surface area (Å²) in [5.74, 6) is 0.591. The number of benzene rings is 3. The molecule has 1 saturated carbocycles. The van der Waals surface area contributed by atoms with Crippen LogP contribution in [0.3, 0.4) is 0 Å². The van der Waals surface area contributed by atoms with Crippen molar-refractivity contribution in [3.05, 3.63) is 95.6 Å². The molecule has 0 unspecified atom stereocenters. The molecule has 1 N–H and O–H groups in total. The molecule has 3 aromatic carbocycles. The third-order valence-corrected chi connectivity index (χ3v) is 15.6. The van der Waals surface area contributed by atoms with Gasteiger partial charge in [-0.25, -0.2) is 4.79 Å². The average molecular weight is 660 g/mol. The van der Waals surface area contributed by atoms with Crippen LogP contribution < -0.4 is 9.47 Å². The van der Waals surface area contributed by atoms with Crippen molar-refractivity contribution in [2.24, 2.45) is 11.8 Å². The third kappa shape index (κ3) is 6.32. The van der Waals surface area contributed by atoms with E-state index in [-0.39, 0.29) is 12.0 Å². The Hall–Kier alpha value is -3.33. The highest BCUT2D eigenvalue weighted by Crippen LogP contribution is 2.61. The quantitative estimate of drug-likeness (QED) is 0.222. The van der Waals surface area contributed by atoms with Gasteiger partial charge in [0, 0.05) is 30.0 Å². The van der Waals surface area contributed by atoms with E-state index >= 15 is 0 Å². The van der Waals surface area contributed by atoms with Gasteiger partial charge in [-0.05, 0) is 80.6 Å². The second-order valence-electron chi connectivity index (χ2n) is 14.2. The van der Waals surface area contributed by atoms with E-state index in [1.54, 1.807) is 19.1 Å². The third-order valence-electron chi connectivity index (χ3n) is 10.9. The van der Waals surface area contributed by atoms with E-state index in [4.69, 9.17) is 18.6 Å². The predicted octanol–water partition coefficient (Wildman–Crippen LogP) is 8.15. The lowest BCUT2D eigenvalue weighted by Gasteiger charge is -2.57. The number of methoxy groups -OCH3 is 2. The lowest BCUT2D eigenvalue weighted by Crippen LogP contribution is -2.63. The molecule has 7 nitrogen and oxygen atoms in total. The monoisotopic (exact) mass is 659 g/mol. The topological polar surface area (TPSA) is 77.5 Å². The highest BCUT2D eigenvalue weighted by atomic mass is 28.4. The summed E-state index contributed by atoms with van der Waals surface area (Å²) in [6.07, 6.45) is -0.454. The van der Waals surface area contributed by atoms with Gasteiger partial charge in [0.2, 0.25) is 0 Å². The number of carbonyl (C=O) groups excluding carboxylic acids is 1. The van der Waals surface area contributed by atoms with E-state index in [0.717, 1.165) is 29.3 Å². The molecule has 47 heavy (non-hydrogen) atoms. The highest BCUT2D eigenvalue weighted by molar-refractivity contribution is 6.73. The Labute approximate surface area is 282 Å². The minimum absolute atomic E-state index is 0.179. The number of amides is 1. The van der Waals surface area contributed by atoms with Crippen LogP contribution in [0.2, 0.25) is 18.1 Å². The van der Waals surface area contributed by atoms with Crippen molar-refractivity contribution in [2.75, 3.05) is 27.3 Å². The standard InChI is InChI=1S/C39H53NO6Si/c1-9-47(10-2,11-3)46-35-25-38(28-18-14-12-15-19-28,29-20-16-13-17-21-29)32-26-40(36(41)45-37(4,5)6)27-33(32)39(35,42)31-24-30(43-7)22-23-34(31)44-8/h12-24,32-33,35,42H,9-11,25-27H2,1-8H3/t32-,33+,35-,39+/m1/s1. The van der Waals surface area contributed by atoms with Crippen LogP contribution in [0.15, 0.2) is 78.9 Å². The van der Waals surface area contributed by atoms with Crippen molar-refractivity contribution in [3.8, 4) is 11.5 Å². The molecule has 8 heteroatoms. The maximum atomic E-state index is 13.9. The molecule has 0 bridgehead atoms. The number of fused-ring (bicyclic) bond motifs is 1. The average Bonchev–Trinajstić information content (AvgIpc) is 3.56. The molecular formula is C39H53NO6Si. The first-order chi connectivity index (χ1) is 22.4. The normalized spacial score (nSPS) is 24.0. The molecule has 1 saturated heterocycles. The molecule has 1 aliphatic heterocycles. The van der Waals surface area contributed by atoms with E-state index < -0.39 is 37.0 Å². The Kier molecular flexibility index (Phi) is 10.2. The summed E-state index contributed by atoms with van der Waals surface area (Å²) in [7, 11) is 0.972. The first-order valence-corrected chi connectivity index (χ1v) is 19.7. The van der Waals surface area contributed by atoms with Gasteiger partial charge >= 0.3 is 6.09 Å². The van der Waals surface area contributed by atoms with E-state index in [1.165, 1.54) is 0 Å². The Morgan fingerprint density at radius 3 is 1.89 bits per heavy atom. The Morgan fingerprint density at radius 2 is 1.40 bits per heavy atom. The summed E-state index contributed by atoms with van der Waals surface area (Å²) in [6.45, 7) is 13.0. The van der Waals surface area contributed by atoms with Gasteiger partial charge in [-0.2, -0.15) is 0 Å². The van der Waals surface area contributed by atoms with Crippen LogP contribution in [-0.4, -0.2) is 63.4 Å². The van der Waals surface area contributed by atoms with E-state index in [2.05, 4.69) is 69.3 Å². The van der Waals surface area contributed by atoms with Crippen LogP contribution in [-0.2, 0) is 20.2 Å². The Bertz CT molecular complexity index is 1460. The van der Waals surface area contributed by atoms with E-state index in [0.29, 0.717) is 36.6 Å². The molecule has 1 aliphatic carbocycles. The van der Waals surface area contributed by atoms with Crippen molar-refractivity contribution >= 4 is 14.4 Å². The summed E-state index contributed by atoms with van der Waals surface area (Å²) in [4.78, 5) is 15.7. The molecule has 2 fully saturated rings. The summed E-state index contributed by atoms with van der Waals surface area (Å²) in [5.41, 5.74) is 0.197. The number of carbonyl (C=O) groups is 1. The maximum absolute atomic E-state index is 13.9. The molecule has 1 amide bonds. The summed E-state index contributed by atoms with van der Waals surface area (Å²) in [5, 5.41) is 13.7. The van der Waals surface area contributed by atoms with Crippen LogP contribution >= 0.6 is 0 Å². The van der Waals surface area contributed by atoms with Gasteiger partial charge in [-0.1, -0.05) is 81.4 Å². The van der Waals surface area contributed by atoms with Crippen LogP contribution in [0.25, 0.3) is 0 Å². The van der Waals surface area contributed by atoms with Gasteiger partial charge < -0.3 is 28.6 Å². The van der Waals surface area contributed by atoms with Crippen molar-refractivity contribution < 1.29 is 28.5 Å². The van der Waals surface area contributed by atoms with Gasteiger partial charge in [0.05, 0.1) is 20.3 Å². The number of rotatable bonds is 10. The first kappa shape index (κ1) is 35.0. The lowest BCUT2D eigenvalue weighted by molar-refractivity contribution is -0.161. The molecule has 5 rings (SSSR count). The molecule has 1 heterocycles. The van der Waals surface area contributed by atoms with E-state index in [9.17, 15) is 9.90 Å². The van der Waals surface area contributed by atoms with Gasteiger partial charge in [-0.3, -0.25) is 0 Å². The number of aliphatic hydroxyl groups is 1. The van der Waals surface area contributed by atoms with Crippen LogP contribution in [0.1, 0.15) is 64.7 Å². The van der Waals surface area contributed by atoms with Crippen LogP contribution in [0.5, 0.6) is 11.5 Å². The van der Waals surface area contributed by atoms with Gasteiger partial charge in [0.25, 0.3) is 0 Å². The predicted molar refractivity (Wildman–Crippen MR) is 189 cm³/mol. The second-order valence-corrected chi connectivity index (χ2v) is 19.0. The van der Waals surface area contributed by atoms with Crippen molar-refractivity contribution in [2.45, 2.75) is 88.8 Å². The maximum Gasteiger partial charge on any atom is 0.410 e. The Balaban J connectivity index is 1.83. The minimum atomic E-state index is -2.29. The molecule has 3 aromatic rings. The number of likely N-dealkylation sites (tertiary alicyclic amines) is 1. The second kappa shape index (κ2) is 13.6. The summed E-state index contributed by atoms with van der Waals surface area (Å²) in [6, 6.07) is 29.6. The van der Waals surface area contributed by atoms with Crippen LogP contribution in [0.4, 0.5) is 4.79 Å². The van der Waals surface area contributed by atoms with Crippen molar-refractivity contribution in [1.82, 2.24) is 4.90 Å². The zero-order valence-corrected chi connectivity index (χ0v) is 30.4. The van der Waals surface area contributed by atoms with Crippen LogP contribution in [0, 0.1) is 11.8 Å². The zero-order valence-electron chi connectivity index (χ0n) is 29.4.